The Kier molecular flexibility index (Phi) is 1.69. The summed E-state index contributed by atoms with van der Waals surface area (Å²) >= 11 is 1.74. The first-order valence-electron chi connectivity index (χ1n) is 3.88. The molecule has 11 heavy (non-hydrogen) atoms. The van der Waals surface area contributed by atoms with Crippen molar-refractivity contribution < 1.29 is 5.11 Å². The summed E-state index contributed by atoms with van der Waals surface area (Å²) in [6.07, 6.45) is 2.58. The minimum absolute atomic E-state index is 0.0923. The zero-order valence-corrected chi connectivity index (χ0v) is 7.32. The number of aliphatic hydroxyl groups excluding tert-OH is 1. The Hall–Kier alpha value is -0.410. The number of hydrogen-bond donors (Lipinski definition) is 1. The molecule has 0 spiro atoms. The van der Waals surface area contributed by atoms with Crippen LogP contribution >= 0.6 is 11.3 Å². The van der Waals surface area contributed by atoms with Gasteiger partial charge in [0.15, 0.2) is 0 Å². The van der Waals surface area contributed by atoms with Crippen molar-refractivity contribution in [2.45, 2.75) is 32.3 Å². The van der Waals surface area contributed by atoms with E-state index in [1.807, 2.05) is 6.92 Å². The van der Waals surface area contributed by atoms with E-state index < -0.39 is 0 Å². The van der Waals surface area contributed by atoms with E-state index in [0.717, 1.165) is 11.6 Å². The van der Waals surface area contributed by atoms with Gasteiger partial charge in [-0.05, 0) is 19.8 Å². The van der Waals surface area contributed by atoms with Crippen LogP contribution in [0.2, 0.25) is 0 Å². The molecule has 0 saturated heterocycles. The molecule has 1 heterocycles. The van der Waals surface area contributed by atoms with Gasteiger partial charge in [0.25, 0.3) is 0 Å². The van der Waals surface area contributed by atoms with E-state index in [1.165, 1.54) is 22.7 Å². The van der Waals surface area contributed by atoms with Crippen molar-refractivity contribution in [3.63, 3.8) is 0 Å². The summed E-state index contributed by atoms with van der Waals surface area (Å²) in [5, 5.41) is 10.1. The maximum absolute atomic E-state index is 8.88. The minimum atomic E-state index is 0.0923. The van der Waals surface area contributed by atoms with E-state index >= 15 is 0 Å². The van der Waals surface area contributed by atoms with Gasteiger partial charge in [-0.15, -0.1) is 11.3 Å². The van der Waals surface area contributed by atoms with E-state index in [2.05, 4.69) is 4.98 Å². The first kappa shape index (κ1) is 7.25. The first-order valence-corrected chi connectivity index (χ1v) is 4.70. The molecule has 0 radical (unpaired) electrons. The van der Waals surface area contributed by atoms with Crippen LogP contribution in [0.3, 0.4) is 0 Å². The summed E-state index contributed by atoms with van der Waals surface area (Å²) in [6, 6.07) is 0. The molecule has 0 unspecified atom stereocenters. The number of hydrogen-bond acceptors (Lipinski definition) is 3. The molecule has 1 aliphatic rings. The molecule has 1 fully saturated rings. The Morgan fingerprint density at radius 1 is 1.64 bits per heavy atom. The lowest BCUT2D eigenvalue weighted by molar-refractivity contribution is 0.276. The van der Waals surface area contributed by atoms with Gasteiger partial charge in [-0.3, -0.25) is 0 Å². The molecule has 1 N–H and O–H groups in total. The molecule has 1 aliphatic carbocycles. The predicted octanol–water partition coefficient (Wildman–Crippen LogP) is 1.82. The molecular formula is C8H11NOS. The average Bonchev–Trinajstić information content (AvgIpc) is 2.76. The first-order chi connectivity index (χ1) is 5.31. The summed E-state index contributed by atoms with van der Waals surface area (Å²) < 4.78 is 0. The number of aromatic nitrogens is 1. The molecular weight excluding hydrogens is 158 g/mol. The number of aryl methyl sites for hydroxylation is 1. The predicted molar refractivity (Wildman–Crippen MR) is 44.7 cm³/mol. The fourth-order valence-electron chi connectivity index (χ4n) is 1.10. The fourth-order valence-corrected chi connectivity index (χ4v) is 2.20. The van der Waals surface area contributed by atoms with Gasteiger partial charge in [0, 0.05) is 10.8 Å². The maximum atomic E-state index is 8.88. The highest BCUT2D eigenvalue weighted by molar-refractivity contribution is 7.11. The van der Waals surface area contributed by atoms with Gasteiger partial charge in [0.05, 0.1) is 17.3 Å². The van der Waals surface area contributed by atoms with Gasteiger partial charge >= 0.3 is 0 Å². The lowest BCUT2D eigenvalue weighted by Gasteiger charge is -1.86. The van der Waals surface area contributed by atoms with Crippen molar-refractivity contribution in [3.05, 3.63) is 15.6 Å². The van der Waals surface area contributed by atoms with Crippen LogP contribution in [-0.4, -0.2) is 10.1 Å². The summed E-state index contributed by atoms with van der Waals surface area (Å²) in [6.45, 7) is 2.12. The molecule has 60 valence electrons. The molecule has 0 aromatic carbocycles. The number of thiazole rings is 1. The highest BCUT2D eigenvalue weighted by Crippen LogP contribution is 2.42. The van der Waals surface area contributed by atoms with Gasteiger partial charge in [-0.1, -0.05) is 0 Å². The summed E-state index contributed by atoms with van der Waals surface area (Å²) in [5.41, 5.74) is 0.872. The Balaban J connectivity index is 2.28. The lowest BCUT2D eigenvalue weighted by Crippen LogP contribution is -1.85. The SMILES string of the molecule is Cc1sc(C2CC2)nc1CO. The van der Waals surface area contributed by atoms with E-state index in [0.29, 0.717) is 0 Å². The van der Waals surface area contributed by atoms with E-state index in [4.69, 9.17) is 5.11 Å². The van der Waals surface area contributed by atoms with Gasteiger partial charge in [-0.25, -0.2) is 4.98 Å². The normalized spacial score (nSPS) is 17.3. The van der Waals surface area contributed by atoms with Crippen molar-refractivity contribution in [1.82, 2.24) is 4.98 Å². The molecule has 1 aromatic rings. The molecule has 2 rings (SSSR count). The standard InChI is InChI=1S/C8H11NOS/c1-5-7(4-10)9-8(11-5)6-2-3-6/h6,10H,2-4H2,1H3. The zero-order valence-electron chi connectivity index (χ0n) is 6.50. The fraction of sp³-hybridized carbons (Fsp3) is 0.625. The summed E-state index contributed by atoms with van der Waals surface area (Å²) in [7, 11) is 0. The van der Waals surface area contributed by atoms with Crippen LogP contribution in [0.1, 0.15) is 34.3 Å². The molecule has 0 aliphatic heterocycles. The average molecular weight is 169 g/mol. The molecule has 1 aromatic heterocycles. The highest BCUT2D eigenvalue weighted by Gasteiger charge is 2.27. The van der Waals surface area contributed by atoms with Crippen molar-refractivity contribution in [2.24, 2.45) is 0 Å². The Labute approximate surface area is 69.9 Å². The highest BCUT2D eigenvalue weighted by atomic mass is 32.1. The minimum Gasteiger partial charge on any atom is -0.390 e. The van der Waals surface area contributed by atoms with Crippen LogP contribution in [0.4, 0.5) is 0 Å². The second kappa shape index (κ2) is 2.57. The topological polar surface area (TPSA) is 33.1 Å². The van der Waals surface area contributed by atoms with Crippen LogP contribution in [0.25, 0.3) is 0 Å². The van der Waals surface area contributed by atoms with Gasteiger partial charge in [0.2, 0.25) is 0 Å². The Bertz CT molecular complexity index is 265. The number of rotatable bonds is 2. The molecule has 0 bridgehead atoms. The summed E-state index contributed by atoms with van der Waals surface area (Å²) in [5.74, 6) is 0.721. The number of aliphatic hydroxyl groups is 1. The van der Waals surface area contributed by atoms with Crippen LogP contribution in [-0.2, 0) is 6.61 Å². The lowest BCUT2D eigenvalue weighted by atomic mass is 10.4. The van der Waals surface area contributed by atoms with Crippen LogP contribution < -0.4 is 0 Å². The van der Waals surface area contributed by atoms with Crippen molar-refractivity contribution in [2.75, 3.05) is 0 Å². The third kappa shape index (κ3) is 1.30. The smallest absolute Gasteiger partial charge is 0.0962 e. The molecule has 3 heteroatoms. The quantitative estimate of drug-likeness (QED) is 0.732. The van der Waals surface area contributed by atoms with E-state index in [9.17, 15) is 0 Å². The monoisotopic (exact) mass is 169 g/mol. The van der Waals surface area contributed by atoms with Crippen LogP contribution in [0.5, 0.6) is 0 Å². The third-order valence-electron chi connectivity index (χ3n) is 1.99. The van der Waals surface area contributed by atoms with Crippen molar-refractivity contribution in [1.29, 1.82) is 0 Å². The van der Waals surface area contributed by atoms with Crippen LogP contribution in [0, 0.1) is 6.92 Å². The van der Waals surface area contributed by atoms with Gasteiger partial charge < -0.3 is 5.11 Å². The largest absolute Gasteiger partial charge is 0.390 e. The molecule has 2 nitrogen and oxygen atoms in total. The second-order valence-electron chi connectivity index (χ2n) is 2.99. The third-order valence-corrected chi connectivity index (χ3v) is 3.16. The second-order valence-corrected chi connectivity index (χ2v) is 4.22. The van der Waals surface area contributed by atoms with E-state index in [-0.39, 0.29) is 6.61 Å². The zero-order chi connectivity index (χ0) is 7.84. The Morgan fingerprint density at radius 2 is 2.36 bits per heavy atom. The summed E-state index contributed by atoms with van der Waals surface area (Å²) in [4.78, 5) is 5.53. The molecule has 0 amide bonds. The van der Waals surface area contributed by atoms with Crippen molar-refractivity contribution in [3.8, 4) is 0 Å². The maximum Gasteiger partial charge on any atom is 0.0962 e. The van der Waals surface area contributed by atoms with Gasteiger partial charge in [0.1, 0.15) is 0 Å². The Morgan fingerprint density at radius 3 is 2.82 bits per heavy atom. The van der Waals surface area contributed by atoms with Crippen molar-refractivity contribution >= 4 is 11.3 Å². The molecule has 0 atom stereocenters. The number of nitrogens with zero attached hydrogens (tertiary/aromatic N) is 1. The molecule has 1 saturated carbocycles. The van der Waals surface area contributed by atoms with E-state index in [1.54, 1.807) is 11.3 Å². The van der Waals surface area contributed by atoms with Crippen LogP contribution in [0.15, 0.2) is 0 Å². The van der Waals surface area contributed by atoms with Gasteiger partial charge in [-0.2, -0.15) is 0 Å².